The largest absolute Gasteiger partial charge is 0.394 e. The number of aromatic nitrogens is 2. The van der Waals surface area contributed by atoms with Crippen LogP contribution in [0.25, 0.3) is 11.4 Å². The van der Waals surface area contributed by atoms with E-state index in [9.17, 15) is 4.79 Å². The van der Waals surface area contributed by atoms with Crippen LogP contribution in [0.4, 0.5) is 4.79 Å². The highest BCUT2D eigenvalue weighted by Crippen LogP contribution is 2.18. The molecule has 2 amide bonds. The van der Waals surface area contributed by atoms with E-state index in [2.05, 4.69) is 20.8 Å². The molecule has 2 rings (SSSR count). The molecule has 0 radical (unpaired) electrons. The Hall–Kier alpha value is -2.41. The summed E-state index contributed by atoms with van der Waals surface area (Å²) in [5.41, 5.74) is 0.882. The van der Waals surface area contributed by atoms with E-state index >= 15 is 0 Å². The summed E-state index contributed by atoms with van der Waals surface area (Å²) in [6.07, 6.45) is 0. The lowest BCUT2D eigenvalue weighted by Gasteiger charge is -2.13. The number of urea groups is 1. The summed E-state index contributed by atoms with van der Waals surface area (Å²) in [6, 6.07) is 8.91. The van der Waals surface area contributed by atoms with Gasteiger partial charge in [-0.25, -0.2) is 4.79 Å². The van der Waals surface area contributed by atoms with Gasteiger partial charge in [0.05, 0.1) is 18.6 Å². The van der Waals surface area contributed by atoms with Gasteiger partial charge in [-0.15, -0.1) is 0 Å². The van der Waals surface area contributed by atoms with Crippen LogP contribution in [-0.2, 0) is 0 Å². The zero-order valence-corrected chi connectivity index (χ0v) is 12.6. The molecule has 0 bridgehead atoms. The minimum absolute atomic E-state index is 0.104. The normalized spacial score (nSPS) is 13.4. The molecule has 2 aromatic rings. The Morgan fingerprint density at radius 2 is 2.05 bits per heavy atom. The van der Waals surface area contributed by atoms with Gasteiger partial charge in [-0.2, -0.15) is 4.98 Å². The maximum Gasteiger partial charge on any atom is 0.315 e. The first-order valence-corrected chi connectivity index (χ1v) is 7.14. The van der Waals surface area contributed by atoms with Gasteiger partial charge in [-0.1, -0.05) is 42.4 Å². The fraction of sp³-hybridized carbons (Fsp3) is 0.400. The van der Waals surface area contributed by atoms with E-state index in [4.69, 9.17) is 9.63 Å². The summed E-state index contributed by atoms with van der Waals surface area (Å²) in [7, 11) is 0. The lowest BCUT2D eigenvalue weighted by molar-refractivity contribution is 0.219. The van der Waals surface area contributed by atoms with E-state index in [0.717, 1.165) is 5.56 Å². The number of benzene rings is 1. The van der Waals surface area contributed by atoms with Crippen LogP contribution in [0.3, 0.4) is 0 Å². The Kier molecular flexibility index (Phi) is 5.48. The first-order valence-electron chi connectivity index (χ1n) is 7.14. The predicted octanol–water partition coefficient (Wildman–Crippen LogP) is 1.52. The smallest absolute Gasteiger partial charge is 0.315 e. The Balaban J connectivity index is 1.90. The van der Waals surface area contributed by atoms with Crippen LogP contribution in [0.15, 0.2) is 34.9 Å². The molecule has 3 N–H and O–H groups in total. The molecule has 7 nitrogen and oxygen atoms in total. The number of aliphatic hydroxyl groups excluding tert-OH is 1. The Morgan fingerprint density at radius 1 is 1.32 bits per heavy atom. The summed E-state index contributed by atoms with van der Waals surface area (Å²) in [5, 5.41) is 18.1. The van der Waals surface area contributed by atoms with E-state index in [1.165, 1.54) is 0 Å². The van der Waals surface area contributed by atoms with Crippen molar-refractivity contribution in [2.45, 2.75) is 25.8 Å². The molecule has 22 heavy (non-hydrogen) atoms. The summed E-state index contributed by atoms with van der Waals surface area (Å²) in [6.45, 7) is 3.86. The third kappa shape index (κ3) is 4.29. The minimum atomic E-state index is -0.337. The summed E-state index contributed by atoms with van der Waals surface area (Å²) < 4.78 is 5.24. The van der Waals surface area contributed by atoms with Crippen molar-refractivity contribution in [1.29, 1.82) is 0 Å². The van der Waals surface area contributed by atoms with Crippen LogP contribution in [0, 0.1) is 0 Å². The molecule has 0 saturated carbocycles. The van der Waals surface area contributed by atoms with Crippen LogP contribution in [0.2, 0.25) is 0 Å². The number of nitrogens with zero attached hydrogens (tertiary/aromatic N) is 2. The van der Waals surface area contributed by atoms with Crippen LogP contribution in [-0.4, -0.2) is 40.5 Å². The monoisotopic (exact) mass is 304 g/mol. The second-order valence-corrected chi connectivity index (χ2v) is 5.16. The van der Waals surface area contributed by atoms with E-state index in [0.29, 0.717) is 18.3 Å². The molecular formula is C15H20N4O3. The van der Waals surface area contributed by atoms with Crippen molar-refractivity contribution >= 4 is 6.03 Å². The molecule has 118 valence electrons. The lowest BCUT2D eigenvalue weighted by Crippen LogP contribution is -2.43. The van der Waals surface area contributed by atoms with Gasteiger partial charge < -0.3 is 20.3 Å². The van der Waals surface area contributed by atoms with Gasteiger partial charge in [0.1, 0.15) is 0 Å². The van der Waals surface area contributed by atoms with Gasteiger partial charge in [-0.05, 0) is 6.92 Å². The van der Waals surface area contributed by atoms with Gasteiger partial charge in [-0.3, -0.25) is 0 Å². The molecular weight excluding hydrogens is 284 g/mol. The first kappa shape index (κ1) is 16.0. The number of hydrogen-bond acceptors (Lipinski definition) is 5. The van der Waals surface area contributed by atoms with Crippen molar-refractivity contribution < 1.29 is 14.4 Å². The fourth-order valence-corrected chi connectivity index (χ4v) is 1.79. The molecule has 1 heterocycles. The van der Waals surface area contributed by atoms with E-state index < -0.39 is 0 Å². The minimum Gasteiger partial charge on any atom is -0.394 e. The molecule has 0 spiro atoms. The molecule has 0 aliphatic heterocycles. The highest BCUT2D eigenvalue weighted by Gasteiger charge is 2.16. The molecule has 0 aliphatic rings. The highest BCUT2D eigenvalue weighted by molar-refractivity contribution is 5.74. The molecule has 1 unspecified atom stereocenters. The van der Waals surface area contributed by atoms with Crippen molar-refractivity contribution in [3.05, 3.63) is 36.2 Å². The van der Waals surface area contributed by atoms with Gasteiger partial charge >= 0.3 is 6.03 Å². The van der Waals surface area contributed by atoms with E-state index in [-0.39, 0.29) is 24.6 Å². The third-order valence-electron chi connectivity index (χ3n) is 3.12. The molecule has 0 fully saturated rings. The Morgan fingerprint density at radius 3 is 2.73 bits per heavy atom. The van der Waals surface area contributed by atoms with Crippen molar-refractivity contribution in [3.8, 4) is 11.4 Å². The van der Waals surface area contributed by atoms with Crippen LogP contribution >= 0.6 is 0 Å². The number of carbonyl (C=O) groups is 1. The number of rotatable bonds is 6. The maximum absolute atomic E-state index is 11.6. The van der Waals surface area contributed by atoms with Crippen molar-refractivity contribution in [2.24, 2.45) is 0 Å². The van der Waals surface area contributed by atoms with Crippen molar-refractivity contribution in [1.82, 2.24) is 20.8 Å². The second-order valence-electron chi connectivity index (χ2n) is 5.16. The predicted molar refractivity (Wildman–Crippen MR) is 81.2 cm³/mol. The molecule has 1 aromatic carbocycles. The van der Waals surface area contributed by atoms with E-state index in [1.54, 1.807) is 6.92 Å². The molecule has 2 atom stereocenters. The molecule has 0 aliphatic carbocycles. The molecule has 7 heteroatoms. The highest BCUT2D eigenvalue weighted by atomic mass is 16.5. The Bertz CT molecular complexity index is 600. The van der Waals surface area contributed by atoms with Crippen LogP contribution < -0.4 is 10.6 Å². The first-order chi connectivity index (χ1) is 10.6. The molecule has 1 aromatic heterocycles. The van der Waals surface area contributed by atoms with Gasteiger partial charge in [0.25, 0.3) is 0 Å². The van der Waals surface area contributed by atoms with Crippen LogP contribution in [0.5, 0.6) is 0 Å². The zero-order chi connectivity index (χ0) is 15.9. The summed E-state index contributed by atoms with van der Waals surface area (Å²) in [4.78, 5) is 15.9. The second kappa shape index (κ2) is 7.56. The van der Waals surface area contributed by atoms with Gasteiger partial charge in [0.15, 0.2) is 0 Å². The topological polar surface area (TPSA) is 100 Å². The number of amides is 2. The van der Waals surface area contributed by atoms with Crippen molar-refractivity contribution in [3.63, 3.8) is 0 Å². The average molecular weight is 304 g/mol. The number of hydrogen-bond donors (Lipinski definition) is 3. The quantitative estimate of drug-likeness (QED) is 0.751. The fourth-order valence-electron chi connectivity index (χ4n) is 1.79. The summed E-state index contributed by atoms with van der Waals surface area (Å²) >= 11 is 0. The maximum atomic E-state index is 11.6. The SMILES string of the molecule is CC(CNC(=O)N[C@@H](C)CO)c1nc(-c2ccccc2)no1. The number of nitrogens with one attached hydrogen (secondary N) is 2. The van der Waals surface area contributed by atoms with Crippen molar-refractivity contribution in [2.75, 3.05) is 13.2 Å². The number of carbonyl (C=O) groups excluding carboxylic acids is 1. The third-order valence-corrected chi connectivity index (χ3v) is 3.12. The van der Waals surface area contributed by atoms with Gasteiger partial charge in [0.2, 0.25) is 11.7 Å². The number of aliphatic hydroxyl groups is 1. The zero-order valence-electron chi connectivity index (χ0n) is 12.6. The van der Waals surface area contributed by atoms with Gasteiger partial charge in [0, 0.05) is 12.1 Å². The lowest BCUT2D eigenvalue weighted by atomic mass is 10.2. The molecule has 0 saturated heterocycles. The van der Waals surface area contributed by atoms with Crippen LogP contribution in [0.1, 0.15) is 25.7 Å². The Labute approximate surface area is 128 Å². The summed E-state index contributed by atoms with van der Waals surface area (Å²) in [5.74, 6) is 0.885. The standard InChI is InChI=1S/C15H20N4O3/c1-10(8-16-15(21)17-11(2)9-20)14-18-13(19-22-14)12-6-4-3-5-7-12/h3-7,10-11,20H,8-9H2,1-2H3,(H2,16,17,21)/t10?,11-/m0/s1. The van der Waals surface area contributed by atoms with E-state index in [1.807, 2.05) is 37.3 Å². The average Bonchev–Trinajstić information content (AvgIpc) is 3.03.